The maximum Gasteiger partial charge on any atom is 0.188 e. The van der Waals surface area contributed by atoms with Crippen LogP contribution in [0.15, 0.2) is 18.2 Å². The fourth-order valence-corrected chi connectivity index (χ4v) is 2.27. The molecule has 0 fully saturated rings. The highest BCUT2D eigenvalue weighted by molar-refractivity contribution is 7.18. The largest absolute Gasteiger partial charge is 0.298 e. The van der Waals surface area contributed by atoms with E-state index >= 15 is 0 Å². The van der Waals surface area contributed by atoms with Gasteiger partial charge in [-0.3, -0.25) is 4.79 Å². The van der Waals surface area contributed by atoms with Crippen LogP contribution in [0.5, 0.6) is 0 Å². The van der Waals surface area contributed by atoms with Gasteiger partial charge in [-0.2, -0.15) is 9.65 Å². The Bertz CT molecular complexity index is 553. The lowest BCUT2D eigenvalue weighted by Crippen LogP contribution is -1.80. The number of hydrogen-bond acceptors (Lipinski definition) is 3. The summed E-state index contributed by atoms with van der Waals surface area (Å²) in [6.07, 6.45) is 0.481. The van der Waals surface area contributed by atoms with E-state index in [1.165, 1.54) is 0 Å². The fourth-order valence-electron chi connectivity index (χ4n) is 1.31. The van der Waals surface area contributed by atoms with Gasteiger partial charge in [-0.05, 0) is 6.07 Å². The van der Waals surface area contributed by atoms with Gasteiger partial charge >= 0.3 is 0 Å². The molecule has 4 heteroatoms. The molecule has 0 bridgehead atoms. The van der Waals surface area contributed by atoms with Crippen LogP contribution in [0.3, 0.4) is 0 Å². The number of aldehydes is 1. The number of hydrogen-bond donors (Lipinski definition) is 0. The van der Waals surface area contributed by atoms with E-state index in [1.54, 1.807) is 18.2 Å². The molecule has 2 nitrogen and oxygen atoms in total. The third-order valence-electron chi connectivity index (χ3n) is 1.95. The van der Waals surface area contributed by atoms with Crippen LogP contribution in [0, 0.1) is 16.5 Å². The lowest BCUT2D eigenvalue weighted by atomic mass is 10.1. The Morgan fingerprint density at radius 2 is 2.29 bits per heavy atom. The number of carbonyl (C=O) groups is 1. The molecule has 0 aliphatic heterocycles. The Kier molecular flexibility index (Phi) is 2.02. The van der Waals surface area contributed by atoms with Gasteiger partial charge in [0.15, 0.2) is 11.4 Å². The summed E-state index contributed by atoms with van der Waals surface area (Å²) in [6, 6.07) is 6.84. The molecule has 1 aromatic heterocycles. The van der Waals surface area contributed by atoms with Crippen molar-refractivity contribution in [1.82, 2.24) is 0 Å². The van der Waals surface area contributed by atoms with Gasteiger partial charge in [-0.15, -0.1) is 11.3 Å². The highest BCUT2D eigenvalue weighted by atomic mass is 32.1. The zero-order valence-corrected chi connectivity index (χ0v) is 7.77. The van der Waals surface area contributed by atoms with Crippen LogP contribution < -0.4 is 0 Å². The Hall–Kier alpha value is -1.73. The van der Waals surface area contributed by atoms with Gasteiger partial charge in [-0.25, -0.2) is 0 Å². The molecule has 0 saturated heterocycles. The summed E-state index contributed by atoms with van der Waals surface area (Å²) in [5, 5.41) is 8.74. The van der Waals surface area contributed by atoms with Crippen molar-refractivity contribution in [2.75, 3.05) is 0 Å². The van der Waals surface area contributed by atoms with Gasteiger partial charge in [-0.1, -0.05) is 12.1 Å². The monoisotopic (exact) mass is 205 g/mol. The standard InChI is InChI=1S/C10H4FNOS/c11-10-8(5-13)7-3-1-2-6(4-12)9(7)14-10/h1-3,5H. The normalized spacial score (nSPS) is 10.0. The third-order valence-corrected chi connectivity index (χ3v) is 2.99. The van der Waals surface area contributed by atoms with Crippen molar-refractivity contribution in [2.45, 2.75) is 0 Å². The van der Waals surface area contributed by atoms with Crippen LogP contribution in [0.2, 0.25) is 0 Å². The van der Waals surface area contributed by atoms with Crippen LogP contribution in [0.1, 0.15) is 15.9 Å². The first kappa shape index (κ1) is 8.85. The van der Waals surface area contributed by atoms with E-state index in [0.717, 1.165) is 11.3 Å². The molecule has 0 N–H and O–H groups in total. The van der Waals surface area contributed by atoms with Crippen LogP contribution in [-0.2, 0) is 0 Å². The van der Waals surface area contributed by atoms with Crippen molar-refractivity contribution >= 4 is 27.7 Å². The van der Waals surface area contributed by atoms with E-state index in [9.17, 15) is 9.18 Å². The zero-order chi connectivity index (χ0) is 10.1. The molecule has 2 rings (SSSR count). The summed E-state index contributed by atoms with van der Waals surface area (Å²) >= 11 is 0.834. The maximum atomic E-state index is 13.2. The Balaban J connectivity index is 2.94. The number of nitrogens with zero attached hydrogens (tertiary/aromatic N) is 1. The second-order valence-electron chi connectivity index (χ2n) is 2.70. The van der Waals surface area contributed by atoms with Crippen molar-refractivity contribution in [3.8, 4) is 6.07 Å². The summed E-state index contributed by atoms with van der Waals surface area (Å²) in [5.74, 6) is 0. The van der Waals surface area contributed by atoms with E-state index in [-0.39, 0.29) is 5.56 Å². The molecule has 0 atom stereocenters. The van der Waals surface area contributed by atoms with E-state index < -0.39 is 5.13 Å². The SMILES string of the molecule is N#Cc1cccc2c(C=O)c(F)sc12. The van der Waals surface area contributed by atoms with Crippen LogP contribution >= 0.6 is 11.3 Å². The average molecular weight is 205 g/mol. The fraction of sp³-hybridized carbons (Fsp3) is 0. The molecule has 0 aliphatic rings. The molecular formula is C10H4FNOS. The second-order valence-corrected chi connectivity index (χ2v) is 3.67. The highest BCUT2D eigenvalue weighted by Crippen LogP contribution is 2.31. The lowest BCUT2D eigenvalue weighted by Gasteiger charge is -1.91. The minimum atomic E-state index is -0.530. The molecule has 2 aromatic rings. The first-order valence-electron chi connectivity index (χ1n) is 3.84. The minimum absolute atomic E-state index is 0.0436. The number of rotatable bonds is 1. The van der Waals surface area contributed by atoms with E-state index in [2.05, 4.69) is 0 Å². The molecule has 0 unspecified atom stereocenters. The molecule has 68 valence electrons. The first-order valence-corrected chi connectivity index (χ1v) is 4.66. The number of benzene rings is 1. The molecule has 0 spiro atoms. The Morgan fingerprint density at radius 1 is 1.50 bits per heavy atom. The van der Waals surface area contributed by atoms with Crippen molar-refractivity contribution in [3.05, 3.63) is 34.5 Å². The minimum Gasteiger partial charge on any atom is -0.298 e. The second kappa shape index (κ2) is 3.20. The predicted molar refractivity (Wildman–Crippen MR) is 51.9 cm³/mol. The topological polar surface area (TPSA) is 40.9 Å². The van der Waals surface area contributed by atoms with Gasteiger partial charge in [0, 0.05) is 5.39 Å². The van der Waals surface area contributed by atoms with Crippen molar-refractivity contribution in [3.63, 3.8) is 0 Å². The van der Waals surface area contributed by atoms with Crippen molar-refractivity contribution < 1.29 is 9.18 Å². The van der Waals surface area contributed by atoms with Gasteiger partial charge in [0.05, 0.1) is 15.8 Å². The molecule has 0 radical (unpaired) electrons. The first-order chi connectivity index (χ1) is 6.77. The molecule has 0 aliphatic carbocycles. The zero-order valence-electron chi connectivity index (χ0n) is 6.95. The Morgan fingerprint density at radius 3 is 2.93 bits per heavy atom. The number of fused-ring (bicyclic) bond motifs is 1. The maximum absolute atomic E-state index is 13.2. The average Bonchev–Trinajstić information content (AvgIpc) is 2.52. The number of thiophene rings is 1. The number of carbonyl (C=O) groups excluding carboxylic acids is 1. The molecule has 0 saturated carbocycles. The van der Waals surface area contributed by atoms with Crippen LogP contribution in [-0.4, -0.2) is 6.29 Å². The van der Waals surface area contributed by atoms with E-state index in [0.29, 0.717) is 21.9 Å². The summed E-state index contributed by atoms with van der Waals surface area (Å²) in [6.45, 7) is 0. The predicted octanol–water partition coefficient (Wildman–Crippen LogP) is 2.72. The van der Waals surface area contributed by atoms with E-state index in [4.69, 9.17) is 5.26 Å². The highest BCUT2D eigenvalue weighted by Gasteiger charge is 2.13. The smallest absolute Gasteiger partial charge is 0.188 e. The molecule has 1 heterocycles. The summed E-state index contributed by atoms with van der Waals surface area (Å²) < 4.78 is 13.7. The third kappa shape index (κ3) is 1.10. The van der Waals surface area contributed by atoms with Crippen LogP contribution in [0.4, 0.5) is 4.39 Å². The molecule has 0 amide bonds. The molecule has 14 heavy (non-hydrogen) atoms. The van der Waals surface area contributed by atoms with Crippen molar-refractivity contribution in [1.29, 1.82) is 5.26 Å². The number of nitriles is 1. The summed E-state index contributed by atoms with van der Waals surface area (Å²) in [4.78, 5) is 10.6. The quantitative estimate of drug-likeness (QED) is 0.671. The van der Waals surface area contributed by atoms with Crippen molar-refractivity contribution in [2.24, 2.45) is 0 Å². The Labute approximate surface area is 83.2 Å². The number of halogens is 1. The van der Waals surface area contributed by atoms with Gasteiger partial charge in [0.2, 0.25) is 0 Å². The van der Waals surface area contributed by atoms with Gasteiger partial charge in [0.1, 0.15) is 6.07 Å². The lowest BCUT2D eigenvalue weighted by molar-refractivity contribution is 0.112. The summed E-state index contributed by atoms with van der Waals surface area (Å²) in [7, 11) is 0. The molecular weight excluding hydrogens is 201 g/mol. The van der Waals surface area contributed by atoms with E-state index in [1.807, 2.05) is 6.07 Å². The van der Waals surface area contributed by atoms with Crippen LogP contribution in [0.25, 0.3) is 10.1 Å². The summed E-state index contributed by atoms with van der Waals surface area (Å²) in [5.41, 5.74) is 0.446. The van der Waals surface area contributed by atoms with Gasteiger partial charge in [0.25, 0.3) is 0 Å². The van der Waals surface area contributed by atoms with Gasteiger partial charge < -0.3 is 0 Å². The molecule has 1 aromatic carbocycles.